The maximum Gasteiger partial charge on any atom is 0.416 e. The highest BCUT2D eigenvalue weighted by Gasteiger charge is 2.31. The van der Waals surface area contributed by atoms with E-state index in [1.54, 1.807) is 11.9 Å². The molecule has 0 spiro atoms. The number of hydrogen-bond donors (Lipinski definition) is 1. The van der Waals surface area contributed by atoms with Gasteiger partial charge < -0.3 is 15.1 Å². The fourth-order valence-electron chi connectivity index (χ4n) is 1.97. The maximum absolute atomic E-state index is 12.6. The molecule has 2 aromatic rings. The molecule has 0 amide bonds. The Hall–Kier alpha value is -2.11. The van der Waals surface area contributed by atoms with Crippen LogP contribution in [0.1, 0.15) is 17.1 Å². The van der Waals surface area contributed by atoms with Gasteiger partial charge in [0.15, 0.2) is 0 Å². The molecule has 0 radical (unpaired) electrons. The molecule has 0 fully saturated rings. The molecule has 1 heterocycles. The van der Waals surface area contributed by atoms with Gasteiger partial charge in [0.05, 0.1) is 23.5 Å². The van der Waals surface area contributed by atoms with Crippen LogP contribution in [-0.2, 0) is 12.7 Å². The third-order valence-electron chi connectivity index (χ3n) is 2.96. The number of benzene rings is 1. The van der Waals surface area contributed by atoms with Crippen LogP contribution in [-0.4, -0.2) is 7.05 Å². The van der Waals surface area contributed by atoms with Crippen molar-refractivity contribution in [2.75, 3.05) is 17.7 Å². The van der Waals surface area contributed by atoms with Crippen molar-refractivity contribution in [3.05, 3.63) is 47.4 Å². The Morgan fingerprint density at radius 1 is 1.20 bits per heavy atom. The highest BCUT2D eigenvalue weighted by molar-refractivity contribution is 5.68. The number of nitrogens with two attached hydrogens (primary N) is 1. The van der Waals surface area contributed by atoms with Gasteiger partial charge in [-0.15, -0.1) is 0 Å². The molecule has 0 unspecified atom stereocenters. The topological polar surface area (TPSA) is 42.4 Å². The Kier molecular flexibility index (Phi) is 3.65. The zero-order valence-corrected chi connectivity index (χ0v) is 11.2. The van der Waals surface area contributed by atoms with Gasteiger partial charge in [-0.25, -0.2) is 0 Å². The normalized spacial score (nSPS) is 11.7. The van der Waals surface area contributed by atoms with Crippen molar-refractivity contribution in [1.82, 2.24) is 0 Å². The molecule has 2 N–H and O–H groups in total. The van der Waals surface area contributed by atoms with E-state index in [4.69, 9.17) is 10.2 Å². The van der Waals surface area contributed by atoms with Crippen molar-refractivity contribution in [2.45, 2.75) is 19.6 Å². The predicted octanol–water partition coefficient (Wildman–Crippen LogP) is 3.83. The number of halogens is 3. The Balaban J connectivity index is 2.20. The first-order valence-corrected chi connectivity index (χ1v) is 6.00. The number of alkyl halides is 3. The van der Waals surface area contributed by atoms with Gasteiger partial charge in [0.2, 0.25) is 0 Å². The lowest BCUT2D eigenvalue weighted by Gasteiger charge is -2.21. The van der Waals surface area contributed by atoms with Gasteiger partial charge >= 0.3 is 6.18 Å². The van der Waals surface area contributed by atoms with E-state index >= 15 is 0 Å². The zero-order chi connectivity index (χ0) is 14.9. The van der Waals surface area contributed by atoms with E-state index in [0.717, 1.165) is 23.7 Å². The molecule has 0 aliphatic rings. The zero-order valence-electron chi connectivity index (χ0n) is 11.2. The molecule has 108 valence electrons. The smallest absolute Gasteiger partial charge is 0.416 e. The second kappa shape index (κ2) is 5.11. The lowest BCUT2D eigenvalue weighted by molar-refractivity contribution is -0.137. The predicted molar refractivity (Wildman–Crippen MR) is 71.4 cm³/mol. The second-order valence-electron chi connectivity index (χ2n) is 4.64. The summed E-state index contributed by atoms with van der Waals surface area (Å²) in [4.78, 5) is 1.74. The quantitative estimate of drug-likeness (QED) is 0.871. The van der Waals surface area contributed by atoms with Gasteiger partial charge in [0, 0.05) is 7.05 Å². The van der Waals surface area contributed by atoms with Crippen molar-refractivity contribution >= 4 is 11.4 Å². The summed E-state index contributed by atoms with van der Waals surface area (Å²) in [6.45, 7) is 2.26. The number of rotatable bonds is 3. The first kappa shape index (κ1) is 14.3. The number of nitrogen functional groups attached to an aromatic ring is 1. The molecule has 0 atom stereocenters. The van der Waals surface area contributed by atoms with Gasteiger partial charge in [0.25, 0.3) is 0 Å². The van der Waals surface area contributed by atoms with Crippen LogP contribution in [0.3, 0.4) is 0 Å². The largest absolute Gasteiger partial charge is 0.464 e. The SMILES string of the molecule is Cc1ccc(CN(C)c2ccc(C(F)(F)F)cc2N)o1. The minimum absolute atomic E-state index is 0.0885. The van der Waals surface area contributed by atoms with Gasteiger partial charge in [0.1, 0.15) is 11.5 Å². The summed E-state index contributed by atoms with van der Waals surface area (Å²) in [6, 6.07) is 6.99. The summed E-state index contributed by atoms with van der Waals surface area (Å²) < 4.78 is 43.1. The number of furan rings is 1. The Bertz CT molecular complexity index is 605. The lowest BCUT2D eigenvalue weighted by Crippen LogP contribution is -2.18. The average molecular weight is 284 g/mol. The molecule has 0 bridgehead atoms. The number of nitrogens with zero attached hydrogens (tertiary/aromatic N) is 1. The molecule has 20 heavy (non-hydrogen) atoms. The van der Waals surface area contributed by atoms with E-state index in [0.29, 0.717) is 12.2 Å². The minimum atomic E-state index is -4.39. The van der Waals surface area contributed by atoms with E-state index < -0.39 is 11.7 Å². The molecule has 3 nitrogen and oxygen atoms in total. The van der Waals surface area contributed by atoms with Crippen LogP contribution in [0, 0.1) is 6.92 Å². The molecule has 1 aromatic heterocycles. The lowest BCUT2D eigenvalue weighted by atomic mass is 10.1. The van der Waals surface area contributed by atoms with Crippen molar-refractivity contribution < 1.29 is 17.6 Å². The van der Waals surface area contributed by atoms with Gasteiger partial charge in [-0.2, -0.15) is 13.2 Å². The van der Waals surface area contributed by atoms with Gasteiger partial charge in [-0.3, -0.25) is 0 Å². The summed E-state index contributed by atoms with van der Waals surface area (Å²) in [5.41, 5.74) is 5.58. The number of aryl methyl sites for hydroxylation is 1. The van der Waals surface area contributed by atoms with Crippen molar-refractivity contribution in [3.63, 3.8) is 0 Å². The molecule has 6 heteroatoms. The van der Waals surface area contributed by atoms with Crippen molar-refractivity contribution in [2.24, 2.45) is 0 Å². The van der Waals surface area contributed by atoms with E-state index in [-0.39, 0.29) is 5.69 Å². The standard InChI is InChI=1S/C14H15F3N2O/c1-9-3-5-11(20-9)8-19(2)13-6-4-10(7-12(13)18)14(15,16)17/h3-7H,8,18H2,1-2H3. The van der Waals surface area contributed by atoms with E-state index in [9.17, 15) is 13.2 Å². The van der Waals surface area contributed by atoms with Crippen LogP contribution in [0.4, 0.5) is 24.5 Å². The summed E-state index contributed by atoms with van der Waals surface area (Å²) in [7, 11) is 1.75. The van der Waals surface area contributed by atoms with Crippen LogP contribution in [0.5, 0.6) is 0 Å². The Labute approximate surface area is 114 Å². The first-order chi connectivity index (χ1) is 9.27. The highest BCUT2D eigenvalue weighted by Crippen LogP contribution is 2.34. The van der Waals surface area contributed by atoms with Crippen LogP contribution in [0.25, 0.3) is 0 Å². The fourth-order valence-corrected chi connectivity index (χ4v) is 1.97. The Morgan fingerprint density at radius 3 is 2.40 bits per heavy atom. The third kappa shape index (κ3) is 3.07. The Morgan fingerprint density at radius 2 is 1.90 bits per heavy atom. The van der Waals surface area contributed by atoms with Crippen LogP contribution >= 0.6 is 0 Å². The first-order valence-electron chi connectivity index (χ1n) is 6.00. The highest BCUT2D eigenvalue weighted by atomic mass is 19.4. The van der Waals surface area contributed by atoms with Crippen LogP contribution < -0.4 is 10.6 Å². The van der Waals surface area contributed by atoms with Gasteiger partial charge in [-0.1, -0.05) is 0 Å². The molecule has 1 aromatic carbocycles. The fraction of sp³-hybridized carbons (Fsp3) is 0.286. The number of hydrogen-bond acceptors (Lipinski definition) is 3. The van der Waals surface area contributed by atoms with Crippen molar-refractivity contribution in [1.29, 1.82) is 0 Å². The minimum Gasteiger partial charge on any atom is -0.464 e. The van der Waals surface area contributed by atoms with Crippen LogP contribution in [0.15, 0.2) is 34.7 Å². The third-order valence-corrected chi connectivity index (χ3v) is 2.96. The van der Waals surface area contributed by atoms with Crippen molar-refractivity contribution in [3.8, 4) is 0 Å². The molecule has 0 saturated heterocycles. The van der Waals surface area contributed by atoms with E-state index in [1.165, 1.54) is 6.07 Å². The molecule has 2 rings (SSSR count). The molecular formula is C14H15F3N2O. The summed E-state index contributed by atoms with van der Waals surface area (Å²) in [6.07, 6.45) is -4.39. The number of anilines is 2. The summed E-state index contributed by atoms with van der Waals surface area (Å²) >= 11 is 0. The summed E-state index contributed by atoms with van der Waals surface area (Å²) in [5, 5.41) is 0. The molecular weight excluding hydrogens is 269 g/mol. The summed E-state index contributed by atoms with van der Waals surface area (Å²) in [5.74, 6) is 1.51. The van der Waals surface area contributed by atoms with E-state index in [1.807, 2.05) is 19.1 Å². The maximum atomic E-state index is 12.6. The van der Waals surface area contributed by atoms with E-state index in [2.05, 4.69) is 0 Å². The monoisotopic (exact) mass is 284 g/mol. The average Bonchev–Trinajstić information content (AvgIpc) is 2.73. The molecule has 0 aliphatic heterocycles. The van der Waals surface area contributed by atoms with Crippen LogP contribution in [0.2, 0.25) is 0 Å². The van der Waals surface area contributed by atoms with Gasteiger partial charge in [-0.05, 0) is 37.3 Å². The molecule has 0 saturated carbocycles. The molecule has 0 aliphatic carbocycles. The second-order valence-corrected chi connectivity index (χ2v) is 4.64.